The van der Waals surface area contributed by atoms with Crippen molar-refractivity contribution in [2.24, 2.45) is 0 Å². The fourth-order valence-corrected chi connectivity index (χ4v) is 14.1. The van der Waals surface area contributed by atoms with E-state index in [1.54, 1.807) is 0 Å². The highest BCUT2D eigenvalue weighted by atomic mass is 15.1. The highest BCUT2D eigenvalue weighted by Crippen LogP contribution is 2.65. The van der Waals surface area contributed by atoms with Gasteiger partial charge in [-0.2, -0.15) is 0 Å². The van der Waals surface area contributed by atoms with Gasteiger partial charge in [0, 0.05) is 38.8 Å². The second-order valence-corrected chi connectivity index (χ2v) is 21.9. The van der Waals surface area contributed by atoms with Gasteiger partial charge in [0.2, 0.25) is 0 Å². The average Bonchev–Trinajstić information content (AvgIpc) is 3.32. The maximum absolute atomic E-state index is 2.54. The van der Waals surface area contributed by atoms with E-state index in [0.29, 0.717) is 0 Å². The van der Waals surface area contributed by atoms with Crippen LogP contribution < -0.4 is 4.90 Å². The number of hydrogen-bond donors (Lipinski definition) is 0. The first-order valence-electron chi connectivity index (χ1n) is 27.3. The van der Waals surface area contributed by atoms with E-state index in [1.807, 2.05) is 0 Å². The summed E-state index contributed by atoms with van der Waals surface area (Å²) in [6, 6.07) is 104. The zero-order valence-corrected chi connectivity index (χ0v) is 43.5. The van der Waals surface area contributed by atoms with Gasteiger partial charge in [-0.3, -0.25) is 0 Å². The van der Waals surface area contributed by atoms with Crippen molar-refractivity contribution in [3.63, 3.8) is 0 Å². The molecule has 366 valence electrons. The number of hydrogen-bond acceptors (Lipinski definition) is 1. The van der Waals surface area contributed by atoms with E-state index in [1.165, 1.54) is 128 Å². The van der Waals surface area contributed by atoms with Gasteiger partial charge in [0.05, 0.1) is 22.1 Å². The fraction of sp³-hybridized carbons (Fsp3) is 0.0526. The van der Waals surface area contributed by atoms with Crippen molar-refractivity contribution in [2.45, 2.75) is 24.7 Å². The largest absolute Gasteiger partial charge is 0.310 e. The van der Waals surface area contributed by atoms with Gasteiger partial charge in [-0.25, -0.2) is 0 Å². The van der Waals surface area contributed by atoms with Crippen LogP contribution in [0, 0.1) is 0 Å². The van der Waals surface area contributed by atoms with Crippen LogP contribution in [-0.4, -0.2) is 4.57 Å². The molecule has 0 fully saturated rings. The molecule has 0 atom stereocenters. The van der Waals surface area contributed by atoms with Gasteiger partial charge in [0.1, 0.15) is 0 Å². The SMILES string of the molecule is CC1(C)c2ccccc2-c2ccc(N(c3ccc(-c4ccc5c(c4)c4cc(-c6ccccc6)ccc4n5-c4ccc(-c5ccccc5)cc4)cc3)c3cccc4c3-c3ccccc3C43c4ccccc4-c4ccccc43)cc21. The third kappa shape index (κ3) is 6.32. The zero-order valence-electron chi connectivity index (χ0n) is 43.5. The van der Waals surface area contributed by atoms with E-state index >= 15 is 0 Å². The van der Waals surface area contributed by atoms with Crippen molar-refractivity contribution in [1.29, 1.82) is 0 Å². The molecule has 2 nitrogen and oxygen atoms in total. The number of fused-ring (bicyclic) bond motifs is 16. The summed E-state index contributed by atoms with van der Waals surface area (Å²) in [6.07, 6.45) is 0. The van der Waals surface area contributed by atoms with Crippen LogP contribution in [0.25, 0.3) is 94.3 Å². The second kappa shape index (κ2) is 16.9. The Kier molecular flexibility index (Phi) is 9.63. The summed E-state index contributed by atoms with van der Waals surface area (Å²) >= 11 is 0. The van der Waals surface area contributed by atoms with Crippen LogP contribution in [0.2, 0.25) is 0 Å². The predicted octanol–water partition coefficient (Wildman–Crippen LogP) is 19.9. The Morgan fingerprint density at radius 2 is 0.718 bits per heavy atom. The third-order valence-electron chi connectivity index (χ3n) is 17.6. The first-order valence-corrected chi connectivity index (χ1v) is 27.3. The number of aromatic nitrogens is 1. The van der Waals surface area contributed by atoms with E-state index < -0.39 is 5.41 Å². The van der Waals surface area contributed by atoms with Crippen molar-refractivity contribution in [3.05, 3.63) is 312 Å². The first kappa shape index (κ1) is 44.5. The summed E-state index contributed by atoms with van der Waals surface area (Å²) < 4.78 is 2.43. The summed E-state index contributed by atoms with van der Waals surface area (Å²) in [7, 11) is 0. The van der Waals surface area contributed by atoms with Crippen LogP contribution in [-0.2, 0) is 10.8 Å². The smallest absolute Gasteiger partial charge is 0.0726 e. The van der Waals surface area contributed by atoms with Crippen LogP contribution in [0.4, 0.5) is 17.1 Å². The van der Waals surface area contributed by atoms with Crippen molar-refractivity contribution < 1.29 is 0 Å². The molecule has 0 bridgehead atoms. The van der Waals surface area contributed by atoms with Gasteiger partial charge in [0.25, 0.3) is 0 Å². The highest BCUT2D eigenvalue weighted by molar-refractivity contribution is 6.12. The molecule has 0 saturated heterocycles. The van der Waals surface area contributed by atoms with E-state index in [9.17, 15) is 0 Å². The van der Waals surface area contributed by atoms with Crippen LogP contribution in [0.3, 0.4) is 0 Å². The Labute approximate surface area is 455 Å². The molecule has 78 heavy (non-hydrogen) atoms. The number of rotatable bonds is 7. The van der Waals surface area contributed by atoms with Gasteiger partial charge in [-0.15, -0.1) is 0 Å². The lowest BCUT2D eigenvalue weighted by molar-refractivity contribution is 0.660. The molecule has 13 aromatic rings. The van der Waals surface area contributed by atoms with Gasteiger partial charge < -0.3 is 9.47 Å². The Morgan fingerprint density at radius 1 is 0.295 bits per heavy atom. The lowest BCUT2D eigenvalue weighted by atomic mass is 9.70. The van der Waals surface area contributed by atoms with Crippen LogP contribution >= 0.6 is 0 Å². The molecular formula is C76H52N2. The minimum Gasteiger partial charge on any atom is -0.310 e. The Balaban J connectivity index is 0.869. The van der Waals surface area contributed by atoms with Crippen molar-refractivity contribution in [1.82, 2.24) is 4.57 Å². The Hall–Kier alpha value is -9.76. The monoisotopic (exact) mass is 992 g/mol. The topological polar surface area (TPSA) is 8.17 Å². The minimum atomic E-state index is -0.457. The summed E-state index contributed by atoms with van der Waals surface area (Å²) in [5.74, 6) is 0. The van der Waals surface area contributed by atoms with E-state index in [2.05, 4.69) is 302 Å². The molecular weight excluding hydrogens is 941 g/mol. The maximum Gasteiger partial charge on any atom is 0.0726 e. The quantitative estimate of drug-likeness (QED) is 0.154. The summed E-state index contributed by atoms with van der Waals surface area (Å²) in [5.41, 5.74) is 29.4. The van der Waals surface area contributed by atoms with Crippen molar-refractivity contribution in [2.75, 3.05) is 4.90 Å². The summed E-state index contributed by atoms with van der Waals surface area (Å²) in [6.45, 7) is 4.77. The molecule has 1 aromatic heterocycles. The van der Waals surface area contributed by atoms with Gasteiger partial charge in [0.15, 0.2) is 0 Å². The average molecular weight is 993 g/mol. The van der Waals surface area contributed by atoms with Crippen LogP contribution in [0.5, 0.6) is 0 Å². The van der Waals surface area contributed by atoms with Gasteiger partial charge >= 0.3 is 0 Å². The molecule has 0 amide bonds. The molecule has 0 unspecified atom stereocenters. The number of benzene rings is 12. The first-order chi connectivity index (χ1) is 38.4. The molecule has 0 aliphatic heterocycles. The predicted molar refractivity (Wildman–Crippen MR) is 326 cm³/mol. The Morgan fingerprint density at radius 3 is 1.32 bits per heavy atom. The van der Waals surface area contributed by atoms with E-state index in [-0.39, 0.29) is 5.41 Å². The lowest BCUT2D eigenvalue weighted by Crippen LogP contribution is -2.26. The highest BCUT2D eigenvalue weighted by Gasteiger charge is 2.52. The fourth-order valence-electron chi connectivity index (χ4n) is 14.1. The molecule has 0 N–H and O–H groups in total. The van der Waals surface area contributed by atoms with Crippen molar-refractivity contribution in [3.8, 4) is 72.4 Å². The molecule has 0 radical (unpaired) electrons. The lowest BCUT2D eigenvalue weighted by Gasteiger charge is -2.32. The molecule has 1 heterocycles. The standard InChI is InChI=1S/C76H52N2/c1-75(2)65-26-13-9-22-58(65)61-43-42-57(48-70(61)75)77(73-31-17-30-69-74(73)62-25-12-16-29-68(62)76(69)66-27-14-10-23-59(66)60-24-11-15-28-67(60)76)55-38-34-52(35-39-55)54-37-45-72-64(47-54)63-46-53(50-20-7-4-8-21-50)36-44-71(63)78(72)56-40-32-51(33-41-56)49-18-5-3-6-19-49/h3-48H,1-2H3. The molecule has 3 aliphatic rings. The molecule has 12 aromatic carbocycles. The normalized spacial score (nSPS) is 13.7. The minimum absolute atomic E-state index is 0.167. The number of anilines is 3. The summed E-state index contributed by atoms with van der Waals surface area (Å²) in [5, 5.41) is 2.45. The maximum atomic E-state index is 2.54. The molecule has 16 rings (SSSR count). The van der Waals surface area contributed by atoms with Crippen LogP contribution in [0.1, 0.15) is 47.2 Å². The Bertz CT molecular complexity index is 4510. The zero-order chi connectivity index (χ0) is 51.7. The molecule has 3 aliphatic carbocycles. The molecule has 1 spiro atoms. The van der Waals surface area contributed by atoms with E-state index in [0.717, 1.165) is 17.1 Å². The third-order valence-corrected chi connectivity index (χ3v) is 17.6. The van der Waals surface area contributed by atoms with Crippen molar-refractivity contribution >= 4 is 38.9 Å². The second-order valence-electron chi connectivity index (χ2n) is 21.9. The molecule has 2 heteroatoms. The van der Waals surface area contributed by atoms with Gasteiger partial charge in [-0.1, -0.05) is 226 Å². The summed E-state index contributed by atoms with van der Waals surface area (Å²) in [4.78, 5) is 2.54. The van der Waals surface area contributed by atoms with E-state index in [4.69, 9.17) is 0 Å². The van der Waals surface area contributed by atoms with Gasteiger partial charge in [-0.05, 0) is 161 Å². The molecule has 0 saturated carbocycles. The number of nitrogens with zero attached hydrogens (tertiary/aromatic N) is 2. The van der Waals surface area contributed by atoms with Crippen LogP contribution in [0.15, 0.2) is 279 Å².